The third-order valence-electron chi connectivity index (χ3n) is 3.39. The maximum atomic E-state index is 13.8. The Kier molecular flexibility index (Phi) is 5.34. The zero-order valence-corrected chi connectivity index (χ0v) is 14.2. The number of halogens is 4. The van der Waals surface area contributed by atoms with Crippen LogP contribution in [0, 0.1) is 23.3 Å². The second-order valence-electron chi connectivity index (χ2n) is 6.51. The number of hydrogen-bond acceptors (Lipinski definition) is 2. The molecule has 4 nitrogen and oxygen atoms in total. The van der Waals surface area contributed by atoms with Crippen molar-refractivity contribution in [2.75, 3.05) is 0 Å². The molecule has 0 fully saturated rings. The minimum Gasteiger partial charge on any atom is -0.267 e. The molecule has 0 unspecified atom stereocenters. The molecule has 0 aliphatic carbocycles. The lowest BCUT2D eigenvalue weighted by atomic mass is 10.1. The Morgan fingerprint density at radius 2 is 1.42 bits per heavy atom. The maximum Gasteiger partial charge on any atom is 0.275 e. The third kappa shape index (κ3) is 4.19. The SMILES string of the molecule is CC(C)(C)N(NC(=O)c1c(F)cccc1F)C(=O)c1cc(F)cc(F)c1. The Balaban J connectivity index is 2.40. The van der Waals surface area contributed by atoms with Crippen LogP contribution in [0.15, 0.2) is 36.4 Å². The summed E-state index contributed by atoms with van der Waals surface area (Å²) in [6.07, 6.45) is 0. The van der Waals surface area contributed by atoms with E-state index in [2.05, 4.69) is 5.43 Å². The van der Waals surface area contributed by atoms with Crippen LogP contribution in [-0.4, -0.2) is 22.4 Å². The molecule has 138 valence electrons. The predicted molar refractivity (Wildman–Crippen MR) is 86.1 cm³/mol. The zero-order valence-electron chi connectivity index (χ0n) is 14.2. The highest BCUT2D eigenvalue weighted by Gasteiger charge is 2.31. The first-order valence-corrected chi connectivity index (χ1v) is 7.56. The van der Waals surface area contributed by atoms with Gasteiger partial charge < -0.3 is 0 Å². The number of nitrogens with one attached hydrogen (secondary N) is 1. The molecule has 2 amide bonds. The number of rotatable bonds is 2. The highest BCUT2D eigenvalue weighted by molar-refractivity contribution is 5.99. The fraction of sp³-hybridized carbons (Fsp3) is 0.222. The van der Waals surface area contributed by atoms with Crippen LogP contribution in [0.2, 0.25) is 0 Å². The number of carbonyl (C=O) groups is 2. The summed E-state index contributed by atoms with van der Waals surface area (Å²) < 4.78 is 54.3. The van der Waals surface area contributed by atoms with E-state index in [4.69, 9.17) is 0 Å². The van der Waals surface area contributed by atoms with Gasteiger partial charge in [-0.15, -0.1) is 0 Å². The van der Waals surface area contributed by atoms with Crippen LogP contribution in [0.5, 0.6) is 0 Å². The van der Waals surface area contributed by atoms with E-state index in [-0.39, 0.29) is 5.56 Å². The predicted octanol–water partition coefficient (Wildman–Crippen LogP) is 3.83. The average Bonchev–Trinajstić information content (AvgIpc) is 2.49. The molecule has 2 rings (SSSR count). The summed E-state index contributed by atoms with van der Waals surface area (Å²) in [7, 11) is 0. The Morgan fingerprint density at radius 1 is 0.923 bits per heavy atom. The van der Waals surface area contributed by atoms with E-state index >= 15 is 0 Å². The van der Waals surface area contributed by atoms with Crippen LogP contribution in [0.3, 0.4) is 0 Å². The fourth-order valence-electron chi connectivity index (χ4n) is 2.20. The van der Waals surface area contributed by atoms with Gasteiger partial charge in [-0.1, -0.05) is 6.07 Å². The van der Waals surface area contributed by atoms with Crippen LogP contribution in [0.4, 0.5) is 17.6 Å². The van der Waals surface area contributed by atoms with Gasteiger partial charge in [-0.05, 0) is 45.0 Å². The molecule has 2 aromatic carbocycles. The van der Waals surface area contributed by atoms with Crippen LogP contribution in [0.1, 0.15) is 41.5 Å². The van der Waals surface area contributed by atoms with Crippen molar-refractivity contribution in [1.29, 1.82) is 0 Å². The number of nitrogens with zero attached hydrogens (tertiary/aromatic N) is 1. The molecule has 2 aromatic rings. The molecule has 1 N–H and O–H groups in total. The summed E-state index contributed by atoms with van der Waals surface area (Å²) in [6.45, 7) is 4.58. The Morgan fingerprint density at radius 3 is 1.88 bits per heavy atom. The van der Waals surface area contributed by atoms with Crippen LogP contribution in [0.25, 0.3) is 0 Å². The molecule has 0 radical (unpaired) electrons. The summed E-state index contributed by atoms with van der Waals surface area (Å²) in [5.41, 5.74) is -0.190. The molecule has 8 heteroatoms. The van der Waals surface area contributed by atoms with Crippen molar-refractivity contribution >= 4 is 11.8 Å². The van der Waals surface area contributed by atoms with Crippen LogP contribution in [-0.2, 0) is 0 Å². The van der Waals surface area contributed by atoms with Gasteiger partial charge in [0.2, 0.25) is 0 Å². The molecular weight excluding hydrogens is 352 g/mol. The summed E-state index contributed by atoms with van der Waals surface area (Å²) >= 11 is 0. The maximum absolute atomic E-state index is 13.8. The van der Waals surface area contributed by atoms with Gasteiger partial charge >= 0.3 is 0 Å². The molecule has 0 aliphatic heterocycles. The van der Waals surface area contributed by atoms with Crippen molar-refractivity contribution in [1.82, 2.24) is 10.4 Å². The minimum atomic E-state index is -1.21. The molecule has 0 saturated carbocycles. The van der Waals surface area contributed by atoms with E-state index < -0.39 is 46.2 Å². The highest BCUT2D eigenvalue weighted by atomic mass is 19.1. The van der Waals surface area contributed by atoms with Crippen molar-refractivity contribution in [3.63, 3.8) is 0 Å². The lowest BCUT2D eigenvalue weighted by molar-refractivity contribution is 0.0354. The van der Waals surface area contributed by atoms with Gasteiger partial charge in [0.05, 0.1) is 5.54 Å². The molecule has 0 saturated heterocycles. The van der Waals surface area contributed by atoms with Gasteiger partial charge in [-0.25, -0.2) is 22.6 Å². The van der Waals surface area contributed by atoms with Gasteiger partial charge in [0.15, 0.2) is 0 Å². The van der Waals surface area contributed by atoms with E-state index in [0.717, 1.165) is 35.3 Å². The number of benzene rings is 2. The first kappa shape index (κ1) is 19.4. The zero-order chi connectivity index (χ0) is 19.6. The quantitative estimate of drug-likeness (QED) is 0.647. The van der Waals surface area contributed by atoms with Crippen molar-refractivity contribution in [3.05, 3.63) is 70.8 Å². The topological polar surface area (TPSA) is 49.4 Å². The van der Waals surface area contributed by atoms with E-state index in [1.54, 1.807) is 0 Å². The number of hydrogen-bond donors (Lipinski definition) is 1. The largest absolute Gasteiger partial charge is 0.275 e. The van der Waals surface area contributed by atoms with Gasteiger partial charge in [0, 0.05) is 11.6 Å². The smallest absolute Gasteiger partial charge is 0.267 e. The van der Waals surface area contributed by atoms with Crippen LogP contribution < -0.4 is 5.43 Å². The van der Waals surface area contributed by atoms with Crippen molar-refractivity contribution in [2.45, 2.75) is 26.3 Å². The molecule has 26 heavy (non-hydrogen) atoms. The fourth-order valence-corrected chi connectivity index (χ4v) is 2.20. The van der Waals surface area contributed by atoms with E-state index in [0.29, 0.717) is 6.07 Å². The Bertz CT molecular complexity index is 822. The minimum absolute atomic E-state index is 0.369. The van der Waals surface area contributed by atoms with E-state index in [1.165, 1.54) is 20.8 Å². The molecule has 0 atom stereocenters. The summed E-state index contributed by atoms with van der Waals surface area (Å²) in [5, 5.41) is 0.759. The third-order valence-corrected chi connectivity index (χ3v) is 3.39. The molecule has 0 bridgehead atoms. The summed E-state index contributed by atoms with van der Waals surface area (Å²) in [5.74, 6) is -6.33. The molecule has 0 spiro atoms. The van der Waals surface area contributed by atoms with Gasteiger partial charge in [-0.3, -0.25) is 15.0 Å². The molecule has 0 aliphatic rings. The van der Waals surface area contributed by atoms with Gasteiger partial charge in [0.1, 0.15) is 28.8 Å². The Hall–Kier alpha value is -2.90. The number of amides is 2. The second-order valence-corrected chi connectivity index (χ2v) is 6.51. The highest BCUT2D eigenvalue weighted by Crippen LogP contribution is 2.19. The first-order chi connectivity index (χ1) is 12.0. The first-order valence-electron chi connectivity index (χ1n) is 7.56. The Labute approximate surface area is 147 Å². The molecular formula is C18H16F4N2O2. The second kappa shape index (κ2) is 7.15. The lowest BCUT2D eigenvalue weighted by Gasteiger charge is -2.35. The summed E-state index contributed by atoms with van der Waals surface area (Å²) in [4.78, 5) is 24.9. The molecule has 0 heterocycles. The molecule has 0 aromatic heterocycles. The number of carbonyl (C=O) groups excluding carboxylic acids is 2. The monoisotopic (exact) mass is 368 g/mol. The van der Waals surface area contributed by atoms with Gasteiger partial charge in [-0.2, -0.15) is 0 Å². The van der Waals surface area contributed by atoms with E-state index in [9.17, 15) is 27.2 Å². The van der Waals surface area contributed by atoms with Crippen molar-refractivity contribution < 1.29 is 27.2 Å². The van der Waals surface area contributed by atoms with Crippen molar-refractivity contribution in [3.8, 4) is 0 Å². The van der Waals surface area contributed by atoms with Crippen LogP contribution >= 0.6 is 0 Å². The number of hydrazine groups is 1. The van der Waals surface area contributed by atoms with Crippen molar-refractivity contribution in [2.24, 2.45) is 0 Å². The lowest BCUT2D eigenvalue weighted by Crippen LogP contribution is -2.56. The summed E-state index contributed by atoms with van der Waals surface area (Å²) in [6, 6.07) is 5.04. The standard InChI is InChI=1S/C18H16F4N2O2/c1-18(2,3)24(17(26)10-7-11(19)9-12(20)8-10)23-16(25)15-13(21)5-4-6-14(15)22/h4-9H,1-3H3,(H,23,25). The average molecular weight is 368 g/mol. The normalized spacial score (nSPS) is 11.2. The van der Waals surface area contributed by atoms with Gasteiger partial charge in [0.25, 0.3) is 11.8 Å². The van der Waals surface area contributed by atoms with E-state index in [1.807, 2.05) is 0 Å².